The van der Waals surface area contributed by atoms with Gasteiger partial charge in [-0.1, -0.05) is 42.8 Å². The quantitative estimate of drug-likeness (QED) is 0.932. The van der Waals surface area contributed by atoms with Gasteiger partial charge in [-0.05, 0) is 37.6 Å². The van der Waals surface area contributed by atoms with E-state index in [9.17, 15) is 9.32 Å². The molecule has 0 aliphatic heterocycles. The van der Waals surface area contributed by atoms with Crippen LogP contribution in [0.1, 0.15) is 30.9 Å². The molecule has 0 radical (unpaired) electrons. The topological polar surface area (TPSA) is 37.3 Å². The van der Waals surface area contributed by atoms with Crippen LogP contribution < -0.4 is 0 Å². The van der Waals surface area contributed by atoms with E-state index in [0.29, 0.717) is 0 Å². The van der Waals surface area contributed by atoms with Gasteiger partial charge in [0, 0.05) is 15.7 Å². The van der Waals surface area contributed by atoms with E-state index in [1.165, 1.54) is 0 Å². The number of aliphatic hydroxyl groups excluding tert-OH is 1. The highest BCUT2D eigenvalue weighted by Crippen LogP contribution is 2.28. The largest absolute Gasteiger partial charge is 0.393 e. The molecule has 0 fully saturated rings. The van der Waals surface area contributed by atoms with Gasteiger partial charge in [0.1, 0.15) is 0 Å². The molecule has 1 N–H and O–H groups in total. The Morgan fingerprint density at radius 1 is 1.00 bits per heavy atom. The summed E-state index contributed by atoms with van der Waals surface area (Å²) in [5.74, 6) is -0.0411. The van der Waals surface area contributed by atoms with Crippen LogP contribution >= 0.6 is 0 Å². The lowest BCUT2D eigenvalue weighted by Gasteiger charge is -2.18. The zero-order valence-electron chi connectivity index (χ0n) is 12.0. The minimum atomic E-state index is -1.21. The fourth-order valence-electron chi connectivity index (χ4n) is 2.07. The number of aliphatic hydroxyl groups is 1. The predicted octanol–water partition coefficient (Wildman–Crippen LogP) is 3.65. The predicted molar refractivity (Wildman–Crippen MR) is 82.4 cm³/mol. The Labute approximate surface area is 122 Å². The molecule has 0 bridgehead atoms. The molecule has 2 nitrogen and oxygen atoms in total. The van der Waals surface area contributed by atoms with Gasteiger partial charge < -0.3 is 5.11 Å². The van der Waals surface area contributed by atoms with Gasteiger partial charge in [-0.3, -0.25) is 0 Å². The second-order valence-corrected chi connectivity index (χ2v) is 6.60. The molecule has 2 unspecified atom stereocenters. The summed E-state index contributed by atoms with van der Waals surface area (Å²) < 4.78 is 12.7. The lowest BCUT2D eigenvalue weighted by atomic mass is 9.96. The lowest BCUT2D eigenvalue weighted by Crippen LogP contribution is -2.13. The molecule has 0 aliphatic rings. The monoisotopic (exact) mass is 288 g/mol. The molecule has 2 aromatic carbocycles. The van der Waals surface area contributed by atoms with Gasteiger partial charge in [-0.25, -0.2) is 4.21 Å². The van der Waals surface area contributed by atoms with Gasteiger partial charge >= 0.3 is 0 Å². The van der Waals surface area contributed by atoms with Crippen LogP contribution in [0.25, 0.3) is 0 Å². The third-order valence-corrected chi connectivity index (χ3v) is 5.04. The van der Waals surface area contributed by atoms with Crippen molar-refractivity contribution in [2.45, 2.75) is 42.6 Å². The highest BCUT2D eigenvalue weighted by Gasteiger charge is 2.19. The number of hydrogen-bond donors (Lipinski definition) is 1. The van der Waals surface area contributed by atoms with E-state index in [4.69, 9.17) is 0 Å². The Kier molecular flexibility index (Phi) is 4.73. The molecule has 0 aromatic heterocycles. The van der Waals surface area contributed by atoms with E-state index in [1.807, 2.05) is 62.4 Å². The molecule has 3 heteroatoms. The van der Waals surface area contributed by atoms with Gasteiger partial charge in [0.25, 0.3) is 0 Å². The van der Waals surface area contributed by atoms with Gasteiger partial charge in [0.05, 0.1) is 16.9 Å². The summed E-state index contributed by atoms with van der Waals surface area (Å²) in [5, 5.41) is 9.79. The van der Waals surface area contributed by atoms with Crippen molar-refractivity contribution in [1.29, 1.82) is 0 Å². The Bertz CT molecular complexity index is 603. The summed E-state index contributed by atoms with van der Waals surface area (Å²) in [5.41, 5.74) is 2.10. The van der Waals surface area contributed by atoms with Gasteiger partial charge in [0.2, 0.25) is 0 Å². The second-order valence-electron chi connectivity index (χ2n) is 5.15. The van der Waals surface area contributed by atoms with Crippen molar-refractivity contribution in [3.8, 4) is 0 Å². The molecular weight excluding hydrogens is 268 g/mol. The summed E-state index contributed by atoms with van der Waals surface area (Å²) >= 11 is 0. The summed E-state index contributed by atoms with van der Waals surface area (Å²) in [4.78, 5) is 1.57. The molecule has 2 aromatic rings. The van der Waals surface area contributed by atoms with Crippen molar-refractivity contribution in [2.24, 2.45) is 0 Å². The molecule has 0 saturated heterocycles. The fraction of sp³-hybridized carbons (Fsp3) is 0.294. The molecular formula is C17H20O2S. The zero-order valence-corrected chi connectivity index (χ0v) is 12.9. The van der Waals surface area contributed by atoms with Crippen LogP contribution in [0.4, 0.5) is 0 Å². The highest BCUT2D eigenvalue weighted by atomic mass is 32.2. The minimum absolute atomic E-state index is 0.0411. The van der Waals surface area contributed by atoms with Gasteiger partial charge in [-0.2, -0.15) is 0 Å². The first-order valence-corrected chi connectivity index (χ1v) is 7.91. The molecule has 0 saturated carbocycles. The highest BCUT2D eigenvalue weighted by molar-refractivity contribution is 7.85. The van der Waals surface area contributed by atoms with Crippen LogP contribution in [0.2, 0.25) is 0 Å². The van der Waals surface area contributed by atoms with E-state index < -0.39 is 16.9 Å². The SMILES string of the molecule is Cc1ccc([S@](=O)c2ccccc2C(C)C(C)O)cc1. The maximum atomic E-state index is 12.7. The Morgan fingerprint density at radius 2 is 1.60 bits per heavy atom. The summed E-state index contributed by atoms with van der Waals surface area (Å²) in [6.07, 6.45) is -0.467. The standard InChI is InChI=1S/C17H20O2S/c1-12-8-10-15(11-9-12)20(19)17-7-5-4-6-16(17)13(2)14(3)18/h4-11,13-14,18H,1-3H3/t13?,14?,20-/m0/s1. The van der Waals surface area contributed by atoms with Gasteiger partial charge in [0.15, 0.2) is 0 Å². The van der Waals surface area contributed by atoms with Gasteiger partial charge in [-0.15, -0.1) is 0 Å². The number of benzene rings is 2. The van der Waals surface area contributed by atoms with Crippen molar-refractivity contribution in [3.63, 3.8) is 0 Å². The lowest BCUT2D eigenvalue weighted by molar-refractivity contribution is 0.168. The minimum Gasteiger partial charge on any atom is -0.393 e. The van der Waals surface area contributed by atoms with E-state index in [1.54, 1.807) is 6.92 Å². The normalized spacial score (nSPS) is 15.6. The summed E-state index contributed by atoms with van der Waals surface area (Å²) in [7, 11) is -1.21. The average molecular weight is 288 g/mol. The maximum Gasteiger partial charge on any atom is 0.0852 e. The molecule has 0 spiro atoms. The third-order valence-electron chi connectivity index (χ3n) is 3.57. The second kappa shape index (κ2) is 6.33. The summed E-state index contributed by atoms with van der Waals surface area (Å²) in [6, 6.07) is 15.4. The van der Waals surface area contributed by atoms with Crippen LogP contribution in [0.15, 0.2) is 58.3 Å². The first-order valence-electron chi connectivity index (χ1n) is 6.76. The van der Waals surface area contributed by atoms with Crippen molar-refractivity contribution in [2.75, 3.05) is 0 Å². The first-order chi connectivity index (χ1) is 9.50. The van der Waals surface area contributed by atoms with Crippen molar-refractivity contribution in [1.82, 2.24) is 0 Å². The van der Waals surface area contributed by atoms with Crippen LogP contribution in [-0.4, -0.2) is 15.4 Å². The van der Waals surface area contributed by atoms with Crippen LogP contribution in [0.5, 0.6) is 0 Å². The molecule has 2 rings (SSSR count). The molecule has 0 heterocycles. The van der Waals surface area contributed by atoms with Crippen molar-refractivity contribution >= 4 is 10.8 Å². The first kappa shape index (κ1) is 14.9. The number of hydrogen-bond acceptors (Lipinski definition) is 2. The molecule has 106 valence electrons. The van der Waals surface area contributed by atoms with E-state index in [-0.39, 0.29) is 5.92 Å². The summed E-state index contributed by atoms with van der Waals surface area (Å²) in [6.45, 7) is 5.72. The molecule has 0 aliphatic carbocycles. The fourth-order valence-corrected chi connectivity index (χ4v) is 3.38. The van der Waals surface area contributed by atoms with E-state index in [0.717, 1.165) is 20.9 Å². The Hall–Kier alpha value is -1.45. The van der Waals surface area contributed by atoms with Crippen LogP contribution in [0.3, 0.4) is 0 Å². The van der Waals surface area contributed by atoms with E-state index in [2.05, 4.69) is 0 Å². The van der Waals surface area contributed by atoms with E-state index >= 15 is 0 Å². The number of aryl methyl sites for hydroxylation is 1. The van der Waals surface area contributed by atoms with Crippen molar-refractivity contribution in [3.05, 3.63) is 59.7 Å². The average Bonchev–Trinajstić information content (AvgIpc) is 2.46. The Morgan fingerprint density at radius 3 is 2.20 bits per heavy atom. The third kappa shape index (κ3) is 3.17. The maximum absolute atomic E-state index is 12.7. The number of rotatable bonds is 4. The van der Waals surface area contributed by atoms with Crippen LogP contribution in [0, 0.1) is 6.92 Å². The smallest absolute Gasteiger partial charge is 0.0852 e. The Balaban J connectivity index is 2.42. The molecule has 20 heavy (non-hydrogen) atoms. The van der Waals surface area contributed by atoms with Crippen LogP contribution in [-0.2, 0) is 10.8 Å². The van der Waals surface area contributed by atoms with Crippen molar-refractivity contribution < 1.29 is 9.32 Å². The molecule has 0 amide bonds. The zero-order chi connectivity index (χ0) is 14.7. The molecule has 3 atom stereocenters.